The summed E-state index contributed by atoms with van der Waals surface area (Å²) in [6, 6.07) is 2.72. The molecule has 0 fully saturated rings. The van der Waals surface area contributed by atoms with Crippen molar-refractivity contribution in [2.75, 3.05) is 13.2 Å². The Hall–Kier alpha value is -1.73. The standard InChI is InChI=1S/C15H18N2O2/c1-9(2)17-8-13-11-4-6-18-14(11)12(7-16)10-3-5-19-15(10)13/h9,17H,3-6,8H2,1-2H3. The lowest BCUT2D eigenvalue weighted by atomic mass is 9.94. The number of fused-ring (bicyclic) bond motifs is 2. The Morgan fingerprint density at radius 1 is 1.16 bits per heavy atom. The molecule has 0 unspecified atom stereocenters. The molecule has 19 heavy (non-hydrogen) atoms. The van der Waals surface area contributed by atoms with Gasteiger partial charge in [0, 0.05) is 42.1 Å². The van der Waals surface area contributed by atoms with Gasteiger partial charge < -0.3 is 14.8 Å². The van der Waals surface area contributed by atoms with E-state index in [9.17, 15) is 5.26 Å². The van der Waals surface area contributed by atoms with E-state index in [0.717, 1.165) is 42.0 Å². The van der Waals surface area contributed by atoms with E-state index in [1.54, 1.807) is 0 Å². The van der Waals surface area contributed by atoms with Crippen LogP contribution in [0.2, 0.25) is 0 Å². The van der Waals surface area contributed by atoms with Gasteiger partial charge in [0.1, 0.15) is 23.1 Å². The second-order valence-electron chi connectivity index (χ2n) is 5.31. The molecule has 1 N–H and O–H groups in total. The molecule has 0 aliphatic carbocycles. The van der Waals surface area contributed by atoms with E-state index >= 15 is 0 Å². The monoisotopic (exact) mass is 258 g/mol. The highest BCUT2D eigenvalue weighted by Gasteiger charge is 2.31. The summed E-state index contributed by atoms with van der Waals surface area (Å²) in [7, 11) is 0. The first-order valence-corrected chi connectivity index (χ1v) is 6.82. The largest absolute Gasteiger partial charge is 0.493 e. The molecule has 0 amide bonds. The number of nitrogens with zero attached hydrogens (tertiary/aromatic N) is 1. The first kappa shape index (κ1) is 12.3. The zero-order valence-corrected chi connectivity index (χ0v) is 11.4. The van der Waals surface area contributed by atoms with Crippen molar-refractivity contribution in [1.29, 1.82) is 5.26 Å². The van der Waals surface area contributed by atoms with Gasteiger partial charge in [-0.05, 0) is 0 Å². The molecule has 0 spiro atoms. The van der Waals surface area contributed by atoms with Crippen LogP contribution in [0.1, 0.15) is 36.1 Å². The Kier molecular flexibility index (Phi) is 3.08. The van der Waals surface area contributed by atoms with Crippen LogP contribution in [0.3, 0.4) is 0 Å². The topological polar surface area (TPSA) is 54.3 Å². The first-order valence-electron chi connectivity index (χ1n) is 6.82. The average molecular weight is 258 g/mol. The molecule has 2 heterocycles. The Bertz CT molecular complexity index is 523. The fraction of sp³-hybridized carbons (Fsp3) is 0.533. The molecule has 4 nitrogen and oxygen atoms in total. The number of hydrogen-bond donors (Lipinski definition) is 1. The van der Waals surface area contributed by atoms with Crippen LogP contribution in [0.25, 0.3) is 0 Å². The average Bonchev–Trinajstić information content (AvgIpc) is 3.02. The van der Waals surface area contributed by atoms with Gasteiger partial charge in [0.15, 0.2) is 0 Å². The Morgan fingerprint density at radius 3 is 2.53 bits per heavy atom. The second-order valence-corrected chi connectivity index (χ2v) is 5.31. The maximum atomic E-state index is 9.37. The van der Waals surface area contributed by atoms with E-state index in [-0.39, 0.29) is 0 Å². The van der Waals surface area contributed by atoms with Crippen molar-refractivity contribution in [2.45, 2.75) is 39.3 Å². The minimum absolute atomic E-state index is 0.422. The van der Waals surface area contributed by atoms with Crippen LogP contribution >= 0.6 is 0 Å². The normalized spacial score (nSPS) is 15.7. The van der Waals surface area contributed by atoms with Crippen molar-refractivity contribution in [3.8, 4) is 17.6 Å². The number of nitriles is 1. The van der Waals surface area contributed by atoms with Crippen molar-refractivity contribution in [3.05, 3.63) is 22.3 Å². The predicted molar refractivity (Wildman–Crippen MR) is 71.5 cm³/mol. The Balaban J connectivity index is 2.11. The van der Waals surface area contributed by atoms with Crippen molar-refractivity contribution < 1.29 is 9.47 Å². The van der Waals surface area contributed by atoms with Gasteiger partial charge in [0.05, 0.1) is 13.2 Å². The third kappa shape index (κ3) is 1.95. The molecule has 0 bridgehead atoms. The summed E-state index contributed by atoms with van der Waals surface area (Å²) >= 11 is 0. The fourth-order valence-electron chi connectivity index (χ4n) is 2.82. The molecule has 2 aliphatic rings. The van der Waals surface area contributed by atoms with Gasteiger partial charge in [0.25, 0.3) is 0 Å². The van der Waals surface area contributed by atoms with E-state index in [1.165, 1.54) is 5.56 Å². The van der Waals surface area contributed by atoms with Crippen LogP contribution in [0.4, 0.5) is 0 Å². The molecule has 1 aromatic carbocycles. The molecule has 0 saturated carbocycles. The SMILES string of the molecule is CC(C)NCc1c2c(c(C#N)c3c1OCC3)OCC2. The van der Waals surface area contributed by atoms with E-state index < -0.39 is 0 Å². The molecule has 0 saturated heterocycles. The van der Waals surface area contributed by atoms with Gasteiger partial charge in [-0.3, -0.25) is 0 Å². The van der Waals surface area contributed by atoms with Gasteiger partial charge in [-0.15, -0.1) is 0 Å². The van der Waals surface area contributed by atoms with Crippen molar-refractivity contribution in [1.82, 2.24) is 5.32 Å². The lowest BCUT2D eigenvalue weighted by Crippen LogP contribution is -2.23. The van der Waals surface area contributed by atoms with Crippen LogP contribution in [-0.4, -0.2) is 19.3 Å². The van der Waals surface area contributed by atoms with Crippen molar-refractivity contribution in [3.63, 3.8) is 0 Å². The van der Waals surface area contributed by atoms with Gasteiger partial charge in [0.2, 0.25) is 0 Å². The summed E-state index contributed by atoms with van der Waals surface area (Å²) in [6.45, 7) is 6.36. The summed E-state index contributed by atoms with van der Waals surface area (Å²) < 4.78 is 11.5. The van der Waals surface area contributed by atoms with Crippen LogP contribution in [0.5, 0.6) is 11.5 Å². The summed E-state index contributed by atoms with van der Waals surface area (Å²) in [6.07, 6.45) is 1.68. The van der Waals surface area contributed by atoms with Gasteiger partial charge >= 0.3 is 0 Å². The van der Waals surface area contributed by atoms with Gasteiger partial charge in [-0.2, -0.15) is 5.26 Å². The van der Waals surface area contributed by atoms with E-state index in [2.05, 4.69) is 25.2 Å². The molecule has 2 aliphatic heterocycles. The predicted octanol–water partition coefficient (Wildman–Crippen LogP) is 1.93. The van der Waals surface area contributed by atoms with E-state index in [0.29, 0.717) is 24.8 Å². The number of nitrogens with one attached hydrogen (secondary N) is 1. The highest BCUT2D eigenvalue weighted by atomic mass is 16.5. The van der Waals surface area contributed by atoms with Gasteiger partial charge in [-0.25, -0.2) is 0 Å². The summed E-state index contributed by atoms with van der Waals surface area (Å²) in [4.78, 5) is 0. The zero-order valence-electron chi connectivity index (χ0n) is 11.4. The highest BCUT2D eigenvalue weighted by molar-refractivity contribution is 5.65. The van der Waals surface area contributed by atoms with Crippen LogP contribution in [0, 0.1) is 11.3 Å². The first-order chi connectivity index (χ1) is 9.22. The molecule has 0 atom stereocenters. The quantitative estimate of drug-likeness (QED) is 0.900. The van der Waals surface area contributed by atoms with Crippen LogP contribution in [0.15, 0.2) is 0 Å². The molecule has 1 aromatic rings. The Morgan fingerprint density at radius 2 is 1.84 bits per heavy atom. The second kappa shape index (κ2) is 4.75. The van der Waals surface area contributed by atoms with E-state index in [4.69, 9.17) is 9.47 Å². The molecule has 4 heteroatoms. The smallest absolute Gasteiger partial charge is 0.141 e. The van der Waals surface area contributed by atoms with E-state index in [1.807, 2.05) is 0 Å². The molecule has 3 rings (SSSR count). The minimum atomic E-state index is 0.422. The number of ether oxygens (including phenoxy) is 2. The van der Waals surface area contributed by atoms with Crippen LogP contribution < -0.4 is 14.8 Å². The molecule has 100 valence electrons. The minimum Gasteiger partial charge on any atom is -0.493 e. The zero-order chi connectivity index (χ0) is 13.4. The summed E-state index contributed by atoms with van der Waals surface area (Å²) in [5.74, 6) is 1.72. The lowest BCUT2D eigenvalue weighted by Gasteiger charge is -2.16. The maximum Gasteiger partial charge on any atom is 0.141 e. The summed E-state index contributed by atoms with van der Waals surface area (Å²) in [5.41, 5.74) is 4.06. The third-order valence-corrected chi connectivity index (χ3v) is 3.71. The fourth-order valence-corrected chi connectivity index (χ4v) is 2.82. The van der Waals surface area contributed by atoms with Crippen molar-refractivity contribution in [2.24, 2.45) is 0 Å². The maximum absolute atomic E-state index is 9.37. The highest BCUT2D eigenvalue weighted by Crippen LogP contribution is 2.44. The summed E-state index contributed by atoms with van der Waals surface area (Å²) in [5, 5.41) is 12.8. The number of hydrogen-bond acceptors (Lipinski definition) is 4. The molecular formula is C15H18N2O2. The van der Waals surface area contributed by atoms with Crippen LogP contribution in [-0.2, 0) is 19.4 Å². The molecule has 0 aromatic heterocycles. The lowest BCUT2D eigenvalue weighted by molar-refractivity contribution is 0.351. The van der Waals surface area contributed by atoms with Gasteiger partial charge in [-0.1, -0.05) is 13.8 Å². The van der Waals surface area contributed by atoms with Crippen molar-refractivity contribution >= 4 is 0 Å². The third-order valence-electron chi connectivity index (χ3n) is 3.71. The number of rotatable bonds is 3. The molecule has 0 radical (unpaired) electrons. The molecular weight excluding hydrogens is 240 g/mol. The Labute approximate surface area is 113 Å². The number of benzene rings is 1.